The van der Waals surface area contributed by atoms with Gasteiger partial charge in [0.1, 0.15) is 18.2 Å². The Labute approximate surface area is 116 Å². The van der Waals surface area contributed by atoms with Gasteiger partial charge in [0, 0.05) is 0 Å². The van der Waals surface area contributed by atoms with Crippen molar-refractivity contribution >= 4 is 5.78 Å². The summed E-state index contributed by atoms with van der Waals surface area (Å²) in [4.78, 5) is 11.4. The molecule has 0 aliphatic carbocycles. The number of Topliss-reactive ketones (excluding diaryl/α,β-unsaturated/α-hetero) is 1. The smallest absolute Gasteiger partial charge is 0.163 e. The van der Waals surface area contributed by atoms with Crippen molar-refractivity contribution in [3.05, 3.63) is 65.0 Å². The first-order valence-corrected chi connectivity index (χ1v) is 6.22. The fourth-order valence-electron chi connectivity index (χ4n) is 1.81. The van der Waals surface area contributed by atoms with Gasteiger partial charge in [-0.15, -0.1) is 0 Å². The summed E-state index contributed by atoms with van der Waals surface area (Å²) >= 11 is 0. The molecule has 3 nitrogen and oxygen atoms in total. The zero-order valence-electron chi connectivity index (χ0n) is 11.1. The molecule has 104 valence electrons. The summed E-state index contributed by atoms with van der Waals surface area (Å²) in [6.45, 7) is 1.64. The largest absolute Gasteiger partial charge is 0.488 e. The van der Waals surface area contributed by atoms with E-state index >= 15 is 0 Å². The number of carbonyl (C=O) groups is 1. The molecule has 2 rings (SSSR count). The molecule has 0 bridgehead atoms. The normalized spacial score (nSPS) is 10.3. The van der Waals surface area contributed by atoms with Crippen molar-refractivity contribution in [1.29, 1.82) is 0 Å². The van der Waals surface area contributed by atoms with Crippen molar-refractivity contribution in [1.82, 2.24) is 0 Å². The standard InChI is InChI=1S/C16H15FO3/c1-11(19)15-8-14(17)6-7-16(15)20-10-13-4-2-12(9-18)3-5-13/h2-8,18H,9-10H2,1H3. The van der Waals surface area contributed by atoms with E-state index in [0.29, 0.717) is 5.75 Å². The van der Waals surface area contributed by atoms with Gasteiger partial charge in [-0.2, -0.15) is 0 Å². The molecule has 0 radical (unpaired) electrons. The van der Waals surface area contributed by atoms with Gasteiger partial charge in [0.15, 0.2) is 5.78 Å². The lowest BCUT2D eigenvalue weighted by Crippen LogP contribution is -2.02. The highest BCUT2D eigenvalue weighted by atomic mass is 19.1. The van der Waals surface area contributed by atoms with E-state index in [2.05, 4.69) is 0 Å². The van der Waals surface area contributed by atoms with Crippen LogP contribution in [-0.2, 0) is 13.2 Å². The molecular formula is C16H15FO3. The predicted molar refractivity (Wildman–Crippen MR) is 73.1 cm³/mol. The zero-order chi connectivity index (χ0) is 14.5. The number of ether oxygens (including phenoxy) is 1. The van der Waals surface area contributed by atoms with Crippen LogP contribution in [0.3, 0.4) is 0 Å². The topological polar surface area (TPSA) is 46.5 Å². The van der Waals surface area contributed by atoms with E-state index < -0.39 is 5.82 Å². The number of rotatable bonds is 5. The highest BCUT2D eigenvalue weighted by molar-refractivity contribution is 5.96. The first-order valence-electron chi connectivity index (χ1n) is 6.22. The molecule has 20 heavy (non-hydrogen) atoms. The summed E-state index contributed by atoms with van der Waals surface area (Å²) in [6.07, 6.45) is 0. The third kappa shape index (κ3) is 3.42. The molecule has 0 fully saturated rings. The Kier molecular flexibility index (Phi) is 4.48. The molecule has 0 aromatic heterocycles. The minimum atomic E-state index is -0.463. The van der Waals surface area contributed by atoms with Crippen LogP contribution in [0.2, 0.25) is 0 Å². The molecule has 2 aromatic carbocycles. The minimum Gasteiger partial charge on any atom is -0.488 e. The Bertz CT molecular complexity index is 606. The average molecular weight is 274 g/mol. The number of aliphatic hydroxyl groups is 1. The van der Waals surface area contributed by atoms with Crippen LogP contribution in [0.15, 0.2) is 42.5 Å². The van der Waals surface area contributed by atoms with Gasteiger partial charge < -0.3 is 9.84 Å². The molecule has 1 N–H and O–H groups in total. The number of ketones is 1. The van der Waals surface area contributed by atoms with Crippen LogP contribution in [0.1, 0.15) is 28.4 Å². The van der Waals surface area contributed by atoms with E-state index in [1.54, 1.807) is 12.1 Å². The van der Waals surface area contributed by atoms with E-state index in [1.807, 2.05) is 12.1 Å². The molecule has 0 aliphatic rings. The second-order valence-electron chi connectivity index (χ2n) is 4.46. The monoisotopic (exact) mass is 274 g/mol. The van der Waals surface area contributed by atoms with Gasteiger partial charge in [0.05, 0.1) is 12.2 Å². The fraction of sp³-hybridized carbons (Fsp3) is 0.188. The van der Waals surface area contributed by atoms with Gasteiger partial charge in [-0.05, 0) is 36.2 Å². The molecule has 4 heteroatoms. The molecule has 2 aromatic rings. The maximum Gasteiger partial charge on any atom is 0.163 e. The molecular weight excluding hydrogens is 259 g/mol. The molecule has 0 heterocycles. The van der Waals surface area contributed by atoms with E-state index in [0.717, 1.165) is 11.1 Å². The Hall–Kier alpha value is -2.20. The second-order valence-corrected chi connectivity index (χ2v) is 4.46. The van der Waals surface area contributed by atoms with Gasteiger partial charge in [0.2, 0.25) is 0 Å². The summed E-state index contributed by atoms with van der Waals surface area (Å²) in [5.74, 6) is -0.338. The third-order valence-corrected chi connectivity index (χ3v) is 2.92. The van der Waals surface area contributed by atoms with Crippen LogP contribution >= 0.6 is 0 Å². The molecule has 0 unspecified atom stereocenters. The predicted octanol–water partition coefficient (Wildman–Crippen LogP) is 3.10. The van der Waals surface area contributed by atoms with Crippen molar-refractivity contribution in [2.24, 2.45) is 0 Å². The fourth-order valence-corrected chi connectivity index (χ4v) is 1.81. The van der Waals surface area contributed by atoms with Gasteiger partial charge in [-0.3, -0.25) is 4.79 Å². The summed E-state index contributed by atoms with van der Waals surface area (Å²) < 4.78 is 18.7. The summed E-state index contributed by atoms with van der Waals surface area (Å²) in [6, 6.07) is 11.2. The van der Waals surface area contributed by atoms with Gasteiger partial charge in [0.25, 0.3) is 0 Å². The average Bonchev–Trinajstić information content (AvgIpc) is 2.46. The molecule has 0 spiro atoms. The first-order chi connectivity index (χ1) is 9.60. The maximum absolute atomic E-state index is 13.1. The van der Waals surface area contributed by atoms with E-state index in [9.17, 15) is 9.18 Å². The van der Waals surface area contributed by atoms with Gasteiger partial charge >= 0.3 is 0 Å². The molecule has 0 atom stereocenters. The number of carbonyl (C=O) groups excluding carboxylic acids is 1. The minimum absolute atomic E-state index is 0.00637. The van der Waals surface area contributed by atoms with Crippen LogP contribution in [-0.4, -0.2) is 10.9 Å². The summed E-state index contributed by atoms with van der Waals surface area (Å²) in [7, 11) is 0. The Morgan fingerprint density at radius 3 is 2.40 bits per heavy atom. The quantitative estimate of drug-likeness (QED) is 0.852. The van der Waals surface area contributed by atoms with Crippen molar-refractivity contribution < 1.29 is 19.0 Å². The van der Waals surface area contributed by atoms with Crippen LogP contribution in [0.4, 0.5) is 4.39 Å². The lowest BCUT2D eigenvalue weighted by atomic mass is 10.1. The third-order valence-electron chi connectivity index (χ3n) is 2.92. The first kappa shape index (κ1) is 14.2. The van der Waals surface area contributed by atoms with Crippen molar-refractivity contribution in [3.8, 4) is 5.75 Å². The Morgan fingerprint density at radius 2 is 1.80 bits per heavy atom. The van der Waals surface area contributed by atoms with Crippen LogP contribution < -0.4 is 4.74 Å². The van der Waals surface area contributed by atoms with Gasteiger partial charge in [-0.1, -0.05) is 24.3 Å². The lowest BCUT2D eigenvalue weighted by molar-refractivity contribution is 0.101. The number of aliphatic hydroxyl groups excluding tert-OH is 1. The Balaban J connectivity index is 2.12. The summed E-state index contributed by atoms with van der Waals surface area (Å²) in [5, 5.41) is 8.96. The number of hydrogen-bond acceptors (Lipinski definition) is 3. The molecule has 0 amide bonds. The van der Waals surface area contributed by atoms with Crippen molar-refractivity contribution in [2.75, 3.05) is 0 Å². The van der Waals surface area contributed by atoms with Crippen LogP contribution in [0, 0.1) is 5.82 Å². The number of benzene rings is 2. The highest BCUT2D eigenvalue weighted by Crippen LogP contribution is 2.21. The SMILES string of the molecule is CC(=O)c1cc(F)ccc1OCc1ccc(CO)cc1. The molecule has 0 aliphatic heterocycles. The van der Waals surface area contributed by atoms with Crippen LogP contribution in [0.25, 0.3) is 0 Å². The second kappa shape index (κ2) is 6.30. The molecule has 0 saturated carbocycles. The number of halogens is 1. The summed E-state index contributed by atoms with van der Waals surface area (Å²) in [5.41, 5.74) is 1.96. The molecule has 0 saturated heterocycles. The van der Waals surface area contributed by atoms with Crippen molar-refractivity contribution in [3.63, 3.8) is 0 Å². The van der Waals surface area contributed by atoms with E-state index in [-0.39, 0.29) is 24.6 Å². The Morgan fingerprint density at radius 1 is 1.15 bits per heavy atom. The van der Waals surface area contributed by atoms with E-state index in [1.165, 1.54) is 25.1 Å². The van der Waals surface area contributed by atoms with Gasteiger partial charge in [-0.25, -0.2) is 4.39 Å². The van der Waals surface area contributed by atoms with E-state index in [4.69, 9.17) is 9.84 Å². The zero-order valence-corrected chi connectivity index (χ0v) is 11.1. The number of hydrogen-bond donors (Lipinski definition) is 1. The van der Waals surface area contributed by atoms with Crippen molar-refractivity contribution in [2.45, 2.75) is 20.1 Å². The highest BCUT2D eigenvalue weighted by Gasteiger charge is 2.10. The van der Waals surface area contributed by atoms with Crippen LogP contribution in [0.5, 0.6) is 5.75 Å². The lowest BCUT2D eigenvalue weighted by Gasteiger charge is -2.10. The maximum atomic E-state index is 13.1.